The molecule has 8 heteroatoms. The Bertz CT molecular complexity index is 927. The van der Waals surface area contributed by atoms with E-state index in [0.717, 1.165) is 5.56 Å². The van der Waals surface area contributed by atoms with E-state index in [0.29, 0.717) is 16.5 Å². The van der Waals surface area contributed by atoms with Crippen LogP contribution in [0.3, 0.4) is 0 Å². The number of anilines is 1. The van der Waals surface area contributed by atoms with Gasteiger partial charge in [0.2, 0.25) is 10.0 Å². The van der Waals surface area contributed by atoms with Crippen molar-refractivity contribution in [3.63, 3.8) is 0 Å². The summed E-state index contributed by atoms with van der Waals surface area (Å²) < 4.78 is 32.3. The summed E-state index contributed by atoms with van der Waals surface area (Å²) >= 11 is 6.06. The van der Waals surface area contributed by atoms with Gasteiger partial charge in [-0.05, 0) is 50.6 Å². The smallest absolute Gasteiger partial charge is 0.255 e. The standard InChI is InChI=1S/C18H21ClN2O4S/c1-11(2)21-26(23,24)14-7-5-6-13(9-14)18(22)20-16-8-12(3)15(19)10-17(16)25-4/h5-11,21H,1-4H3,(H,20,22). The van der Waals surface area contributed by atoms with Crippen molar-refractivity contribution in [2.75, 3.05) is 12.4 Å². The summed E-state index contributed by atoms with van der Waals surface area (Å²) in [6, 6.07) is 8.88. The zero-order valence-electron chi connectivity index (χ0n) is 15.0. The molecule has 0 aromatic heterocycles. The first-order chi connectivity index (χ1) is 12.1. The number of hydrogen-bond donors (Lipinski definition) is 2. The Balaban J connectivity index is 2.32. The maximum Gasteiger partial charge on any atom is 0.255 e. The molecule has 0 fully saturated rings. The fraction of sp³-hybridized carbons (Fsp3) is 0.278. The molecule has 0 radical (unpaired) electrons. The van der Waals surface area contributed by atoms with Gasteiger partial charge in [-0.3, -0.25) is 4.79 Å². The predicted molar refractivity (Wildman–Crippen MR) is 103 cm³/mol. The number of hydrogen-bond acceptors (Lipinski definition) is 4. The summed E-state index contributed by atoms with van der Waals surface area (Å²) in [5.74, 6) is -0.0363. The molecule has 0 saturated carbocycles. The van der Waals surface area contributed by atoms with E-state index in [4.69, 9.17) is 16.3 Å². The molecule has 2 aromatic rings. The Morgan fingerprint density at radius 1 is 1.19 bits per heavy atom. The van der Waals surface area contributed by atoms with Gasteiger partial charge in [-0.1, -0.05) is 17.7 Å². The number of sulfonamides is 1. The number of ether oxygens (including phenoxy) is 1. The number of halogens is 1. The third kappa shape index (κ3) is 4.75. The van der Waals surface area contributed by atoms with Gasteiger partial charge in [0.25, 0.3) is 5.91 Å². The Hall–Kier alpha value is -2.09. The summed E-state index contributed by atoms with van der Waals surface area (Å²) in [5, 5.41) is 3.25. The van der Waals surface area contributed by atoms with Crippen LogP contribution in [0.1, 0.15) is 29.8 Å². The minimum atomic E-state index is -3.69. The van der Waals surface area contributed by atoms with Crippen LogP contribution in [0.5, 0.6) is 5.75 Å². The third-order valence-corrected chi connectivity index (χ3v) is 5.59. The quantitative estimate of drug-likeness (QED) is 0.781. The molecule has 2 N–H and O–H groups in total. The molecule has 0 aliphatic rings. The highest BCUT2D eigenvalue weighted by Gasteiger charge is 2.18. The van der Waals surface area contributed by atoms with E-state index in [1.165, 1.54) is 25.3 Å². The summed E-state index contributed by atoms with van der Waals surface area (Å²) in [7, 11) is -2.21. The first-order valence-corrected chi connectivity index (χ1v) is 9.78. The molecular formula is C18H21ClN2O4S. The van der Waals surface area contributed by atoms with Gasteiger partial charge in [0.15, 0.2) is 0 Å². The molecule has 0 aliphatic carbocycles. The zero-order valence-corrected chi connectivity index (χ0v) is 16.5. The van der Waals surface area contributed by atoms with Crippen LogP contribution in [-0.2, 0) is 10.0 Å². The second-order valence-electron chi connectivity index (χ2n) is 6.06. The van der Waals surface area contributed by atoms with E-state index < -0.39 is 15.9 Å². The molecule has 1 amide bonds. The molecule has 140 valence electrons. The van der Waals surface area contributed by atoms with Gasteiger partial charge in [0.1, 0.15) is 5.75 Å². The Kier molecular flexibility index (Phi) is 6.28. The van der Waals surface area contributed by atoms with Crippen molar-refractivity contribution < 1.29 is 17.9 Å². The number of methoxy groups -OCH3 is 1. The zero-order chi connectivity index (χ0) is 19.5. The van der Waals surface area contributed by atoms with Gasteiger partial charge in [-0.15, -0.1) is 0 Å². The molecule has 2 aromatic carbocycles. The minimum Gasteiger partial charge on any atom is -0.495 e. The van der Waals surface area contributed by atoms with E-state index in [1.807, 2.05) is 6.92 Å². The van der Waals surface area contributed by atoms with Gasteiger partial charge < -0.3 is 10.1 Å². The van der Waals surface area contributed by atoms with E-state index in [2.05, 4.69) is 10.0 Å². The lowest BCUT2D eigenvalue weighted by Gasteiger charge is -2.13. The van der Waals surface area contributed by atoms with Gasteiger partial charge in [0, 0.05) is 22.7 Å². The second kappa shape index (κ2) is 8.07. The highest BCUT2D eigenvalue weighted by atomic mass is 35.5. The van der Waals surface area contributed by atoms with Crippen molar-refractivity contribution in [3.8, 4) is 5.75 Å². The molecule has 0 bridgehead atoms. The molecular weight excluding hydrogens is 376 g/mol. The van der Waals surface area contributed by atoms with E-state index in [9.17, 15) is 13.2 Å². The summed E-state index contributed by atoms with van der Waals surface area (Å²) in [6.45, 7) is 5.26. The number of benzene rings is 2. The van der Waals surface area contributed by atoms with Gasteiger partial charge >= 0.3 is 0 Å². The molecule has 0 aliphatic heterocycles. The van der Waals surface area contributed by atoms with Crippen LogP contribution in [0.4, 0.5) is 5.69 Å². The van der Waals surface area contributed by atoms with Crippen molar-refractivity contribution in [1.29, 1.82) is 0 Å². The summed E-state index contributed by atoms with van der Waals surface area (Å²) in [4.78, 5) is 12.6. The number of rotatable bonds is 6. The fourth-order valence-corrected chi connectivity index (χ4v) is 3.76. The van der Waals surface area contributed by atoms with Gasteiger partial charge in [0.05, 0.1) is 17.7 Å². The maximum atomic E-state index is 12.6. The minimum absolute atomic E-state index is 0.0260. The van der Waals surface area contributed by atoms with Crippen LogP contribution < -0.4 is 14.8 Å². The fourth-order valence-electron chi connectivity index (χ4n) is 2.31. The number of nitrogens with one attached hydrogen (secondary N) is 2. The monoisotopic (exact) mass is 396 g/mol. The Labute approximate surface area is 158 Å². The lowest BCUT2D eigenvalue weighted by Crippen LogP contribution is -2.30. The van der Waals surface area contributed by atoms with Crippen LogP contribution in [-0.4, -0.2) is 27.5 Å². The maximum absolute atomic E-state index is 12.6. The average molecular weight is 397 g/mol. The van der Waals surface area contributed by atoms with E-state index in [-0.39, 0.29) is 16.5 Å². The molecule has 0 spiro atoms. The van der Waals surface area contributed by atoms with E-state index in [1.54, 1.807) is 32.0 Å². The number of carbonyl (C=O) groups excluding carboxylic acids is 1. The number of amides is 1. The van der Waals surface area contributed by atoms with Crippen LogP contribution in [0.15, 0.2) is 41.3 Å². The number of carbonyl (C=O) groups is 1. The Morgan fingerprint density at radius 3 is 2.50 bits per heavy atom. The molecule has 2 rings (SSSR count). The summed E-state index contributed by atoms with van der Waals surface area (Å²) in [6.07, 6.45) is 0. The van der Waals surface area contributed by atoms with E-state index >= 15 is 0 Å². The third-order valence-electron chi connectivity index (χ3n) is 3.53. The van der Waals surface area contributed by atoms with Crippen molar-refractivity contribution >= 4 is 33.2 Å². The lowest BCUT2D eigenvalue weighted by atomic mass is 10.1. The first-order valence-electron chi connectivity index (χ1n) is 7.92. The topological polar surface area (TPSA) is 84.5 Å². The largest absolute Gasteiger partial charge is 0.495 e. The highest BCUT2D eigenvalue weighted by molar-refractivity contribution is 7.89. The second-order valence-corrected chi connectivity index (χ2v) is 8.18. The van der Waals surface area contributed by atoms with Crippen LogP contribution in [0, 0.1) is 6.92 Å². The predicted octanol–water partition coefficient (Wildman–Crippen LogP) is 3.60. The van der Waals surface area contributed by atoms with Gasteiger partial charge in [-0.25, -0.2) is 13.1 Å². The van der Waals surface area contributed by atoms with Crippen molar-refractivity contribution in [3.05, 3.63) is 52.5 Å². The lowest BCUT2D eigenvalue weighted by molar-refractivity contribution is 0.102. The first kappa shape index (κ1) is 20.2. The van der Waals surface area contributed by atoms with Gasteiger partial charge in [-0.2, -0.15) is 0 Å². The van der Waals surface area contributed by atoms with Crippen LogP contribution in [0.2, 0.25) is 5.02 Å². The molecule has 0 saturated heterocycles. The molecule has 0 atom stereocenters. The van der Waals surface area contributed by atoms with Crippen molar-refractivity contribution in [1.82, 2.24) is 4.72 Å². The van der Waals surface area contributed by atoms with Crippen LogP contribution >= 0.6 is 11.6 Å². The number of aryl methyl sites for hydroxylation is 1. The van der Waals surface area contributed by atoms with Crippen molar-refractivity contribution in [2.45, 2.75) is 31.7 Å². The summed E-state index contributed by atoms with van der Waals surface area (Å²) in [5.41, 5.74) is 1.44. The normalized spacial score (nSPS) is 11.5. The Morgan fingerprint density at radius 2 is 1.88 bits per heavy atom. The molecule has 0 heterocycles. The SMILES string of the molecule is COc1cc(Cl)c(C)cc1NC(=O)c1cccc(S(=O)(=O)NC(C)C)c1. The van der Waals surface area contributed by atoms with Crippen LogP contribution in [0.25, 0.3) is 0 Å². The average Bonchev–Trinajstić information content (AvgIpc) is 2.57. The molecule has 6 nitrogen and oxygen atoms in total. The molecule has 0 unspecified atom stereocenters. The highest BCUT2D eigenvalue weighted by Crippen LogP contribution is 2.31. The molecule has 26 heavy (non-hydrogen) atoms. The van der Waals surface area contributed by atoms with Crippen molar-refractivity contribution in [2.24, 2.45) is 0 Å².